The van der Waals surface area contributed by atoms with Gasteiger partial charge < -0.3 is 15.3 Å². The van der Waals surface area contributed by atoms with E-state index >= 15 is 0 Å². The molecule has 5 nitrogen and oxygen atoms in total. The first-order chi connectivity index (χ1) is 14.9. The van der Waals surface area contributed by atoms with Gasteiger partial charge in [0.2, 0.25) is 0 Å². The van der Waals surface area contributed by atoms with Gasteiger partial charge in [-0.3, -0.25) is 9.59 Å². The number of aliphatic carboxylic acids is 2. The van der Waals surface area contributed by atoms with Crippen LogP contribution in [-0.2, 0) is 9.59 Å². The second kappa shape index (κ2) is 16.5. The molecule has 0 aliphatic heterocycles. The van der Waals surface area contributed by atoms with Crippen molar-refractivity contribution in [2.75, 3.05) is 0 Å². The molecule has 0 saturated heterocycles. The molecule has 1 fully saturated rings. The molecule has 0 aromatic rings. The summed E-state index contributed by atoms with van der Waals surface area (Å²) in [7, 11) is 0. The van der Waals surface area contributed by atoms with Crippen LogP contribution < -0.4 is 0 Å². The average Bonchev–Trinajstić information content (AvgIpc) is 2.71. The zero-order chi connectivity index (χ0) is 23.0. The van der Waals surface area contributed by atoms with Crippen LogP contribution in [0.5, 0.6) is 0 Å². The Morgan fingerprint density at radius 1 is 0.774 bits per heavy atom. The van der Waals surface area contributed by atoms with Crippen LogP contribution >= 0.6 is 0 Å². The first-order valence-corrected chi connectivity index (χ1v) is 13.0. The molecule has 0 aromatic carbocycles. The summed E-state index contributed by atoms with van der Waals surface area (Å²) in [4.78, 5) is 21.8. The molecule has 1 aliphatic carbocycles. The Hall–Kier alpha value is -1.10. The maximum atomic E-state index is 10.9. The molecule has 0 amide bonds. The van der Waals surface area contributed by atoms with Crippen molar-refractivity contribution < 1.29 is 24.9 Å². The van der Waals surface area contributed by atoms with Crippen LogP contribution in [0.1, 0.15) is 135 Å². The lowest BCUT2D eigenvalue weighted by atomic mass is 9.75. The molecule has 0 heterocycles. The summed E-state index contributed by atoms with van der Waals surface area (Å²) in [6, 6.07) is 0. The zero-order valence-electron chi connectivity index (χ0n) is 20.0. The number of hydrogen-bond acceptors (Lipinski definition) is 3. The highest BCUT2D eigenvalue weighted by Crippen LogP contribution is 2.35. The van der Waals surface area contributed by atoms with Gasteiger partial charge in [0.05, 0.1) is 18.4 Å². The first-order valence-electron chi connectivity index (χ1n) is 13.0. The lowest BCUT2D eigenvalue weighted by Crippen LogP contribution is -2.34. The van der Waals surface area contributed by atoms with Crippen LogP contribution in [0.15, 0.2) is 0 Å². The predicted octanol–water partition coefficient (Wildman–Crippen LogP) is 6.95. The molecule has 1 unspecified atom stereocenters. The first kappa shape index (κ1) is 27.9. The van der Waals surface area contributed by atoms with Crippen molar-refractivity contribution in [3.63, 3.8) is 0 Å². The largest absolute Gasteiger partial charge is 0.481 e. The van der Waals surface area contributed by atoms with Crippen LogP contribution in [0.2, 0.25) is 0 Å². The van der Waals surface area contributed by atoms with Crippen molar-refractivity contribution in [3.05, 3.63) is 0 Å². The van der Waals surface area contributed by atoms with Crippen molar-refractivity contribution in [2.24, 2.45) is 11.8 Å². The lowest BCUT2D eigenvalue weighted by molar-refractivity contribution is -0.149. The fourth-order valence-corrected chi connectivity index (χ4v) is 5.41. The lowest BCUT2D eigenvalue weighted by Gasteiger charge is -2.30. The second-order valence-corrected chi connectivity index (χ2v) is 10.0. The summed E-state index contributed by atoms with van der Waals surface area (Å²) in [5.74, 6) is -0.356. The molecular weight excluding hydrogens is 392 g/mol. The number of unbranched alkanes of at least 4 members (excludes halogenated alkanes) is 8. The van der Waals surface area contributed by atoms with Crippen LogP contribution in [0, 0.1) is 11.8 Å². The highest BCUT2D eigenvalue weighted by atomic mass is 16.4. The number of aliphatic hydroxyl groups is 1. The highest BCUT2D eigenvalue weighted by molar-refractivity contribution is 5.72. The molecule has 1 rings (SSSR count). The molecule has 0 spiro atoms. The van der Waals surface area contributed by atoms with Gasteiger partial charge in [0.1, 0.15) is 0 Å². The Kier molecular flexibility index (Phi) is 14.9. The van der Waals surface area contributed by atoms with E-state index in [0.29, 0.717) is 6.42 Å². The minimum Gasteiger partial charge on any atom is -0.481 e. The maximum absolute atomic E-state index is 10.9. The molecule has 182 valence electrons. The minimum absolute atomic E-state index is 0.242. The van der Waals surface area contributed by atoms with E-state index in [9.17, 15) is 14.7 Å². The number of carboxylic acids is 2. The van der Waals surface area contributed by atoms with E-state index in [2.05, 4.69) is 6.92 Å². The molecule has 1 atom stereocenters. The van der Waals surface area contributed by atoms with Crippen LogP contribution in [0.4, 0.5) is 0 Å². The molecule has 1 saturated carbocycles. The minimum atomic E-state index is -1.62. The summed E-state index contributed by atoms with van der Waals surface area (Å²) in [6.07, 6.45) is 21.1. The van der Waals surface area contributed by atoms with Gasteiger partial charge in [0.25, 0.3) is 0 Å². The van der Waals surface area contributed by atoms with Crippen molar-refractivity contribution in [2.45, 2.75) is 141 Å². The van der Waals surface area contributed by atoms with Crippen molar-refractivity contribution >= 4 is 11.9 Å². The number of carbonyl (C=O) groups is 2. The monoisotopic (exact) mass is 440 g/mol. The van der Waals surface area contributed by atoms with Crippen molar-refractivity contribution in [3.8, 4) is 0 Å². The average molecular weight is 441 g/mol. The normalized spacial score (nSPS) is 16.3. The molecule has 1 aliphatic rings. The Morgan fingerprint density at radius 2 is 1.26 bits per heavy atom. The van der Waals surface area contributed by atoms with Gasteiger partial charge in [-0.15, -0.1) is 0 Å². The summed E-state index contributed by atoms with van der Waals surface area (Å²) in [5.41, 5.74) is -1.62. The van der Waals surface area contributed by atoms with Crippen LogP contribution in [-0.4, -0.2) is 32.9 Å². The Balaban J connectivity index is 2.10. The van der Waals surface area contributed by atoms with E-state index in [1.54, 1.807) is 0 Å². The van der Waals surface area contributed by atoms with E-state index in [4.69, 9.17) is 10.2 Å². The van der Waals surface area contributed by atoms with Gasteiger partial charge in [-0.05, 0) is 18.3 Å². The number of carboxylic acid groups (broad SMARTS) is 2. The van der Waals surface area contributed by atoms with Gasteiger partial charge in [-0.1, -0.05) is 116 Å². The molecule has 31 heavy (non-hydrogen) atoms. The summed E-state index contributed by atoms with van der Waals surface area (Å²) in [6.45, 7) is 2.30. The summed E-state index contributed by atoms with van der Waals surface area (Å²) < 4.78 is 0. The predicted molar refractivity (Wildman–Crippen MR) is 125 cm³/mol. The summed E-state index contributed by atoms with van der Waals surface area (Å²) >= 11 is 0. The molecule has 0 aromatic heterocycles. The van der Waals surface area contributed by atoms with Gasteiger partial charge in [0, 0.05) is 0 Å². The van der Waals surface area contributed by atoms with E-state index in [1.165, 1.54) is 83.5 Å². The molecular formula is C26H48O5. The zero-order valence-corrected chi connectivity index (χ0v) is 20.0. The van der Waals surface area contributed by atoms with Gasteiger partial charge >= 0.3 is 11.9 Å². The highest BCUT2D eigenvalue weighted by Gasteiger charge is 2.32. The quantitative estimate of drug-likeness (QED) is 0.189. The molecule has 5 heteroatoms. The Labute approximate surface area is 190 Å². The van der Waals surface area contributed by atoms with Crippen LogP contribution in [0.25, 0.3) is 0 Å². The third kappa shape index (κ3) is 13.8. The third-order valence-electron chi connectivity index (χ3n) is 7.17. The molecule has 0 bridgehead atoms. The SMILES string of the molecule is CCCCC(CCCCCCCCCCC(O)(CC(=O)O)CC(=O)O)C1CCCCC1. The molecule has 0 radical (unpaired) electrons. The molecule has 3 N–H and O–H groups in total. The van der Waals surface area contributed by atoms with Crippen molar-refractivity contribution in [1.29, 1.82) is 0 Å². The van der Waals surface area contributed by atoms with Gasteiger partial charge in [-0.2, -0.15) is 0 Å². The third-order valence-corrected chi connectivity index (χ3v) is 7.17. The van der Waals surface area contributed by atoms with E-state index < -0.39 is 30.4 Å². The standard InChI is InChI=1S/C26H48O5/c1-2-3-15-22(23-17-12-10-13-18-23)16-11-8-6-4-5-7-9-14-19-26(31,20-24(27)28)21-25(29)30/h22-23,31H,2-21H2,1H3,(H,27,28)(H,29,30). The topological polar surface area (TPSA) is 94.8 Å². The number of hydrogen-bond donors (Lipinski definition) is 3. The Morgan fingerprint density at radius 3 is 1.77 bits per heavy atom. The van der Waals surface area contributed by atoms with E-state index in [0.717, 1.165) is 31.1 Å². The smallest absolute Gasteiger partial charge is 0.306 e. The summed E-state index contributed by atoms with van der Waals surface area (Å²) in [5, 5.41) is 28.1. The fraction of sp³-hybridized carbons (Fsp3) is 0.923. The number of rotatable bonds is 19. The Bertz CT molecular complexity index is 468. The maximum Gasteiger partial charge on any atom is 0.306 e. The van der Waals surface area contributed by atoms with Gasteiger partial charge in [0.15, 0.2) is 0 Å². The van der Waals surface area contributed by atoms with Gasteiger partial charge in [-0.25, -0.2) is 0 Å². The van der Waals surface area contributed by atoms with E-state index in [-0.39, 0.29) is 6.42 Å². The second-order valence-electron chi connectivity index (χ2n) is 10.0. The van der Waals surface area contributed by atoms with Crippen molar-refractivity contribution in [1.82, 2.24) is 0 Å². The van der Waals surface area contributed by atoms with E-state index in [1.807, 2.05) is 0 Å². The fourth-order valence-electron chi connectivity index (χ4n) is 5.41. The van der Waals surface area contributed by atoms with Crippen LogP contribution in [0.3, 0.4) is 0 Å².